The predicted molar refractivity (Wildman–Crippen MR) is 221 cm³/mol. The van der Waals surface area contributed by atoms with E-state index in [0.29, 0.717) is 0 Å². The molecule has 0 N–H and O–H groups in total. The summed E-state index contributed by atoms with van der Waals surface area (Å²) >= 11 is 0. The molecule has 0 aliphatic heterocycles. The first-order valence-electron chi connectivity index (χ1n) is 18.8. The summed E-state index contributed by atoms with van der Waals surface area (Å²) in [5, 5.41) is 2.79. The van der Waals surface area contributed by atoms with Gasteiger partial charge in [0.2, 0.25) is 0 Å². The van der Waals surface area contributed by atoms with Crippen molar-refractivity contribution in [1.82, 2.24) is 0 Å². The molecule has 0 aromatic heterocycles. The minimum Gasteiger partial charge on any atom is -0.310 e. The van der Waals surface area contributed by atoms with Gasteiger partial charge in [0.1, 0.15) is 0 Å². The van der Waals surface area contributed by atoms with Gasteiger partial charge in [-0.3, -0.25) is 0 Å². The Kier molecular flexibility index (Phi) is 5.57. The largest absolute Gasteiger partial charge is 0.310 e. The molecule has 4 aliphatic carbocycles. The van der Waals surface area contributed by atoms with Gasteiger partial charge in [-0.05, 0) is 119 Å². The van der Waals surface area contributed by atoms with E-state index in [1.807, 2.05) is 0 Å². The van der Waals surface area contributed by atoms with Gasteiger partial charge in [0, 0.05) is 16.8 Å². The monoisotopic (exact) mass is 673 g/mol. The van der Waals surface area contributed by atoms with E-state index in [1.54, 1.807) is 0 Å². The number of rotatable bonds is 3. The molecule has 8 aromatic carbocycles. The molecule has 0 fully saturated rings. The lowest BCUT2D eigenvalue weighted by Gasteiger charge is -2.42. The first kappa shape index (κ1) is 29.2. The van der Waals surface area contributed by atoms with Gasteiger partial charge in [-0.2, -0.15) is 0 Å². The van der Waals surface area contributed by atoms with E-state index in [4.69, 9.17) is 0 Å². The highest BCUT2D eigenvalue weighted by Crippen LogP contribution is 2.66. The van der Waals surface area contributed by atoms with E-state index in [9.17, 15) is 0 Å². The number of benzene rings is 8. The van der Waals surface area contributed by atoms with Crippen molar-refractivity contribution in [1.29, 1.82) is 0 Å². The van der Waals surface area contributed by atoms with Gasteiger partial charge < -0.3 is 4.90 Å². The van der Waals surface area contributed by atoms with E-state index in [2.05, 4.69) is 195 Å². The maximum Gasteiger partial charge on any atom is 0.0725 e. The lowest BCUT2D eigenvalue weighted by atomic mass is 9.59. The molecule has 12 rings (SSSR count). The Morgan fingerprint density at radius 3 is 1.57 bits per heavy atom. The summed E-state index contributed by atoms with van der Waals surface area (Å²) in [6.45, 7) is 4.94. The quantitative estimate of drug-likeness (QED) is 0.180. The van der Waals surface area contributed by atoms with Crippen LogP contribution in [0.4, 0.5) is 17.1 Å². The molecule has 1 heteroatoms. The summed E-state index contributed by atoms with van der Waals surface area (Å²) in [4.78, 5) is 2.45. The molecule has 0 saturated carbocycles. The second-order valence-electron chi connectivity index (χ2n) is 15.6. The zero-order valence-corrected chi connectivity index (χ0v) is 29.7. The maximum atomic E-state index is 2.49. The van der Waals surface area contributed by atoms with Crippen molar-refractivity contribution in [3.05, 3.63) is 208 Å². The lowest BCUT2D eigenvalue weighted by molar-refractivity contribution is 0.658. The molecular formula is C52H35N. The second-order valence-corrected chi connectivity index (χ2v) is 15.6. The SMILES string of the molecule is CC1(C)c2c(cccc2N(c2ccccc2)c2ccccc2)-c2ccc3c(c21)-c1ccc2c4c(ccc(c14)C31c3ccccc3-c3ccccc31)C=C2. The molecule has 53 heavy (non-hydrogen) atoms. The Labute approximate surface area is 310 Å². The van der Waals surface area contributed by atoms with Crippen LogP contribution in [0.25, 0.3) is 56.3 Å². The number of nitrogens with zero attached hydrogens (tertiary/aromatic N) is 1. The summed E-state index contributed by atoms with van der Waals surface area (Å²) in [5.74, 6) is 0. The molecule has 248 valence electrons. The minimum atomic E-state index is -0.446. The highest BCUT2D eigenvalue weighted by molar-refractivity contribution is 6.16. The normalized spacial score (nSPS) is 15.2. The summed E-state index contributed by atoms with van der Waals surface area (Å²) in [7, 11) is 0. The van der Waals surface area contributed by atoms with Crippen molar-refractivity contribution in [2.75, 3.05) is 4.90 Å². The Hall–Kier alpha value is -6.44. The number of hydrogen-bond donors (Lipinski definition) is 0. The molecule has 8 aromatic rings. The highest BCUT2D eigenvalue weighted by Gasteiger charge is 2.53. The first-order valence-corrected chi connectivity index (χ1v) is 18.8. The molecule has 1 spiro atoms. The van der Waals surface area contributed by atoms with Gasteiger partial charge in [0.25, 0.3) is 0 Å². The third kappa shape index (κ3) is 3.48. The van der Waals surface area contributed by atoms with Crippen molar-refractivity contribution in [3.63, 3.8) is 0 Å². The highest BCUT2D eigenvalue weighted by atomic mass is 15.1. The van der Waals surface area contributed by atoms with Crippen LogP contribution in [-0.4, -0.2) is 0 Å². The lowest BCUT2D eigenvalue weighted by Crippen LogP contribution is -2.33. The van der Waals surface area contributed by atoms with Gasteiger partial charge in [0.15, 0.2) is 0 Å². The molecule has 0 unspecified atom stereocenters. The van der Waals surface area contributed by atoms with Crippen LogP contribution < -0.4 is 4.90 Å². The molecule has 1 nitrogen and oxygen atoms in total. The van der Waals surface area contributed by atoms with Crippen LogP contribution in [0.1, 0.15) is 58.4 Å². The summed E-state index contributed by atoms with van der Waals surface area (Å²) in [6.07, 6.45) is 4.61. The van der Waals surface area contributed by atoms with Crippen LogP contribution in [0, 0.1) is 0 Å². The van der Waals surface area contributed by atoms with Gasteiger partial charge >= 0.3 is 0 Å². The molecule has 0 atom stereocenters. The average molecular weight is 674 g/mol. The third-order valence-corrected chi connectivity index (χ3v) is 12.8. The molecule has 0 bridgehead atoms. The van der Waals surface area contributed by atoms with Crippen LogP contribution in [0.5, 0.6) is 0 Å². The van der Waals surface area contributed by atoms with Gasteiger partial charge in [0.05, 0.1) is 11.1 Å². The molecule has 0 saturated heterocycles. The summed E-state index contributed by atoms with van der Waals surface area (Å²) < 4.78 is 0. The van der Waals surface area contributed by atoms with Gasteiger partial charge in [-0.25, -0.2) is 0 Å². The van der Waals surface area contributed by atoms with Crippen molar-refractivity contribution >= 4 is 40.0 Å². The fourth-order valence-corrected chi connectivity index (χ4v) is 10.9. The molecule has 0 heterocycles. The van der Waals surface area contributed by atoms with Crippen LogP contribution in [0.15, 0.2) is 164 Å². The number of hydrogen-bond acceptors (Lipinski definition) is 1. The van der Waals surface area contributed by atoms with Gasteiger partial charge in [-0.15, -0.1) is 0 Å². The maximum absolute atomic E-state index is 2.49. The van der Waals surface area contributed by atoms with Crippen molar-refractivity contribution in [3.8, 4) is 33.4 Å². The standard InChI is InChI=1S/C52H35N/c1-51(2)49-38(20-13-23-45(49)53(34-14-5-3-6-15-34)35-16-7-4-8-17-35)39-29-31-44-48(50(39)51)40-28-26-32-24-25-33-27-30-43(47(40)46(32)33)52(44)41-21-11-9-18-36(41)37-19-10-12-22-42(37)52/h3-31H,1-2H3. The predicted octanol–water partition coefficient (Wildman–Crippen LogP) is 13.4. The zero-order valence-electron chi connectivity index (χ0n) is 29.7. The van der Waals surface area contributed by atoms with Gasteiger partial charge in [-0.1, -0.05) is 159 Å². The van der Waals surface area contributed by atoms with Crippen LogP contribution in [-0.2, 0) is 10.8 Å². The van der Waals surface area contributed by atoms with Crippen LogP contribution in [0.3, 0.4) is 0 Å². The number of para-hydroxylation sites is 2. The summed E-state index contributed by atoms with van der Waals surface area (Å²) in [5.41, 5.74) is 21.9. The third-order valence-electron chi connectivity index (χ3n) is 12.8. The van der Waals surface area contributed by atoms with Crippen LogP contribution >= 0.6 is 0 Å². The van der Waals surface area contributed by atoms with Crippen LogP contribution in [0.2, 0.25) is 0 Å². The Morgan fingerprint density at radius 1 is 0.377 bits per heavy atom. The van der Waals surface area contributed by atoms with E-state index >= 15 is 0 Å². The Balaban J connectivity index is 1.22. The minimum absolute atomic E-state index is 0.314. The molecule has 0 radical (unpaired) electrons. The summed E-state index contributed by atoms with van der Waals surface area (Å²) in [6, 6.07) is 61.5. The van der Waals surface area contributed by atoms with Crippen molar-refractivity contribution in [2.24, 2.45) is 0 Å². The van der Waals surface area contributed by atoms with E-state index < -0.39 is 5.41 Å². The van der Waals surface area contributed by atoms with E-state index in [0.717, 1.165) is 11.4 Å². The van der Waals surface area contributed by atoms with Crippen molar-refractivity contribution in [2.45, 2.75) is 24.7 Å². The molecule has 4 aliphatic rings. The number of anilines is 3. The van der Waals surface area contributed by atoms with E-state index in [-0.39, 0.29) is 5.41 Å². The number of fused-ring (bicyclic) bond motifs is 13. The second kappa shape index (κ2) is 10.1. The Morgan fingerprint density at radius 2 is 0.906 bits per heavy atom. The van der Waals surface area contributed by atoms with Crippen molar-refractivity contribution < 1.29 is 0 Å². The molecular weight excluding hydrogens is 639 g/mol. The first-order chi connectivity index (χ1) is 26.1. The zero-order chi connectivity index (χ0) is 35.1. The average Bonchev–Trinajstić information content (AvgIpc) is 3.84. The van der Waals surface area contributed by atoms with E-state index in [1.165, 1.54) is 94.3 Å². The molecule has 0 amide bonds. The smallest absolute Gasteiger partial charge is 0.0725 e. The Bertz CT molecular complexity index is 2810. The fourth-order valence-electron chi connectivity index (χ4n) is 10.9. The topological polar surface area (TPSA) is 3.24 Å². The fraction of sp³-hybridized carbons (Fsp3) is 0.0769.